The highest BCUT2D eigenvalue weighted by atomic mass is 35.5. The molecular weight excluding hydrogens is 224 g/mol. The van der Waals surface area contributed by atoms with Gasteiger partial charge in [-0.2, -0.15) is 0 Å². The molecule has 1 aliphatic carbocycles. The molecule has 1 fully saturated rings. The molecule has 1 N–H and O–H groups in total. The van der Waals surface area contributed by atoms with E-state index >= 15 is 0 Å². The van der Waals surface area contributed by atoms with Gasteiger partial charge >= 0.3 is 0 Å². The molecule has 0 aromatic rings. The Kier molecular flexibility index (Phi) is 5.53. The van der Waals surface area contributed by atoms with Crippen molar-refractivity contribution in [3.63, 3.8) is 0 Å². The van der Waals surface area contributed by atoms with E-state index < -0.39 is 5.60 Å². The molecule has 0 radical (unpaired) electrons. The van der Waals surface area contributed by atoms with Crippen LogP contribution >= 0.6 is 11.6 Å². The second-order valence-corrected chi connectivity index (χ2v) is 4.78. The van der Waals surface area contributed by atoms with E-state index in [-0.39, 0.29) is 5.38 Å². The number of allylic oxidation sites excluding steroid dienone is 1. The minimum atomic E-state index is -0.879. The molecule has 0 aliphatic heterocycles. The van der Waals surface area contributed by atoms with Crippen LogP contribution in [0.2, 0.25) is 0 Å². The number of aliphatic hydroxyl groups is 1. The monoisotopic (exact) mass is 244 g/mol. The van der Waals surface area contributed by atoms with Crippen LogP contribution in [0.4, 0.5) is 0 Å². The van der Waals surface area contributed by atoms with Gasteiger partial charge in [0.2, 0.25) is 0 Å². The Morgan fingerprint density at radius 2 is 2.38 bits per heavy atom. The Morgan fingerprint density at radius 3 is 2.94 bits per heavy atom. The van der Waals surface area contributed by atoms with Gasteiger partial charge < -0.3 is 9.84 Å². The molecule has 2 atom stereocenters. The number of hydrogen-bond donors (Lipinski definition) is 1. The Bertz CT molecular complexity index is 263. The molecule has 3 heteroatoms. The molecule has 1 aliphatic rings. The molecule has 0 heterocycles. The predicted molar refractivity (Wildman–Crippen MR) is 67.8 cm³/mol. The first-order valence-electron chi connectivity index (χ1n) is 5.86. The number of ether oxygens (including phenoxy) is 1. The van der Waals surface area contributed by atoms with Crippen molar-refractivity contribution in [2.75, 3.05) is 13.2 Å². The highest BCUT2D eigenvalue weighted by Gasteiger charge is 2.40. The summed E-state index contributed by atoms with van der Waals surface area (Å²) < 4.78 is 5.40. The highest BCUT2D eigenvalue weighted by molar-refractivity contribution is 6.21. The SMILES string of the molecule is C=CCOC/C(=C/C)C1(O)CCCCC1Cl. The van der Waals surface area contributed by atoms with Crippen LogP contribution in [0.25, 0.3) is 0 Å². The molecule has 0 aromatic heterocycles. The molecule has 2 unspecified atom stereocenters. The van der Waals surface area contributed by atoms with Crippen LogP contribution in [0.15, 0.2) is 24.3 Å². The van der Waals surface area contributed by atoms with Gasteiger partial charge in [0.25, 0.3) is 0 Å². The normalized spacial score (nSPS) is 31.4. The summed E-state index contributed by atoms with van der Waals surface area (Å²) in [4.78, 5) is 0. The van der Waals surface area contributed by atoms with Crippen molar-refractivity contribution in [1.29, 1.82) is 0 Å². The highest BCUT2D eigenvalue weighted by Crippen LogP contribution is 2.37. The average Bonchev–Trinajstić information content (AvgIpc) is 2.28. The van der Waals surface area contributed by atoms with Crippen LogP contribution in [0.5, 0.6) is 0 Å². The van der Waals surface area contributed by atoms with Crippen molar-refractivity contribution < 1.29 is 9.84 Å². The first-order chi connectivity index (χ1) is 7.65. The lowest BCUT2D eigenvalue weighted by atomic mass is 9.79. The molecule has 1 rings (SSSR count). The van der Waals surface area contributed by atoms with Crippen LogP contribution in [-0.4, -0.2) is 29.3 Å². The summed E-state index contributed by atoms with van der Waals surface area (Å²) in [5.41, 5.74) is 0.0180. The summed E-state index contributed by atoms with van der Waals surface area (Å²) in [6.07, 6.45) is 7.36. The largest absolute Gasteiger partial charge is 0.384 e. The number of rotatable bonds is 5. The third kappa shape index (κ3) is 3.09. The Balaban J connectivity index is 2.65. The summed E-state index contributed by atoms with van der Waals surface area (Å²) in [7, 11) is 0. The molecule has 16 heavy (non-hydrogen) atoms. The maximum absolute atomic E-state index is 10.6. The Morgan fingerprint density at radius 1 is 1.62 bits per heavy atom. The fraction of sp³-hybridized carbons (Fsp3) is 0.692. The lowest BCUT2D eigenvalue weighted by Gasteiger charge is -2.38. The molecule has 92 valence electrons. The van der Waals surface area contributed by atoms with Gasteiger partial charge in [0.05, 0.1) is 18.6 Å². The zero-order valence-electron chi connectivity index (χ0n) is 9.92. The topological polar surface area (TPSA) is 29.5 Å². The van der Waals surface area contributed by atoms with E-state index in [1.165, 1.54) is 0 Å². The van der Waals surface area contributed by atoms with Crippen LogP contribution < -0.4 is 0 Å². The van der Waals surface area contributed by atoms with Gasteiger partial charge in [-0.25, -0.2) is 0 Å². The fourth-order valence-electron chi connectivity index (χ4n) is 2.19. The summed E-state index contributed by atoms with van der Waals surface area (Å²) in [5.74, 6) is 0. The quantitative estimate of drug-likeness (QED) is 0.458. The predicted octanol–water partition coefficient (Wildman–Crippen LogP) is 3.05. The lowest BCUT2D eigenvalue weighted by Crippen LogP contribution is -2.44. The van der Waals surface area contributed by atoms with Gasteiger partial charge in [-0.3, -0.25) is 0 Å². The minimum absolute atomic E-state index is 0.195. The van der Waals surface area contributed by atoms with Gasteiger partial charge in [0.1, 0.15) is 5.60 Å². The molecule has 0 saturated heterocycles. The van der Waals surface area contributed by atoms with E-state index in [0.29, 0.717) is 13.2 Å². The van der Waals surface area contributed by atoms with Crippen molar-refractivity contribution in [2.24, 2.45) is 0 Å². The number of alkyl halides is 1. The van der Waals surface area contributed by atoms with Crippen LogP contribution in [0, 0.1) is 0 Å². The Labute approximate surface area is 103 Å². The van der Waals surface area contributed by atoms with Gasteiger partial charge in [-0.15, -0.1) is 18.2 Å². The molecule has 0 amide bonds. The van der Waals surface area contributed by atoms with Crippen LogP contribution in [0.3, 0.4) is 0 Å². The third-order valence-electron chi connectivity index (χ3n) is 3.18. The van der Waals surface area contributed by atoms with E-state index in [9.17, 15) is 5.11 Å². The minimum Gasteiger partial charge on any atom is -0.384 e. The van der Waals surface area contributed by atoms with Crippen LogP contribution in [0.1, 0.15) is 32.6 Å². The van der Waals surface area contributed by atoms with Crippen LogP contribution in [-0.2, 0) is 4.74 Å². The maximum atomic E-state index is 10.6. The van der Waals surface area contributed by atoms with Crippen molar-refractivity contribution in [1.82, 2.24) is 0 Å². The average molecular weight is 245 g/mol. The summed E-state index contributed by atoms with van der Waals surface area (Å²) in [6, 6.07) is 0. The fourth-order valence-corrected chi connectivity index (χ4v) is 2.59. The molecule has 0 spiro atoms. The first-order valence-corrected chi connectivity index (χ1v) is 6.29. The van der Waals surface area contributed by atoms with Gasteiger partial charge in [0, 0.05) is 0 Å². The Hall–Kier alpha value is -0.310. The van der Waals surface area contributed by atoms with Gasteiger partial charge in [0.15, 0.2) is 0 Å². The first kappa shape index (κ1) is 13.8. The molecule has 2 nitrogen and oxygen atoms in total. The number of hydrogen-bond acceptors (Lipinski definition) is 2. The third-order valence-corrected chi connectivity index (χ3v) is 3.76. The maximum Gasteiger partial charge on any atom is 0.104 e. The zero-order chi connectivity index (χ0) is 12.0. The van der Waals surface area contributed by atoms with E-state index in [4.69, 9.17) is 16.3 Å². The smallest absolute Gasteiger partial charge is 0.104 e. The van der Waals surface area contributed by atoms with Crippen molar-refractivity contribution in [3.05, 3.63) is 24.3 Å². The number of halogens is 1. The van der Waals surface area contributed by atoms with E-state index in [1.807, 2.05) is 13.0 Å². The van der Waals surface area contributed by atoms with Crippen molar-refractivity contribution >= 4 is 11.6 Å². The summed E-state index contributed by atoms with van der Waals surface area (Å²) >= 11 is 6.24. The summed E-state index contributed by atoms with van der Waals surface area (Å²) in [5, 5.41) is 10.4. The molecule has 0 bridgehead atoms. The lowest BCUT2D eigenvalue weighted by molar-refractivity contribution is 0.0269. The molecule has 1 saturated carbocycles. The van der Waals surface area contributed by atoms with E-state index in [1.54, 1.807) is 6.08 Å². The van der Waals surface area contributed by atoms with Gasteiger partial charge in [-0.1, -0.05) is 25.0 Å². The summed E-state index contributed by atoms with van der Waals surface area (Å²) in [6.45, 7) is 6.45. The van der Waals surface area contributed by atoms with E-state index in [2.05, 4.69) is 6.58 Å². The molecular formula is C13H21ClO2. The second kappa shape index (κ2) is 6.43. The van der Waals surface area contributed by atoms with Crippen molar-refractivity contribution in [2.45, 2.75) is 43.6 Å². The van der Waals surface area contributed by atoms with E-state index in [0.717, 1.165) is 31.3 Å². The van der Waals surface area contributed by atoms with Gasteiger partial charge in [-0.05, 0) is 25.3 Å². The second-order valence-electron chi connectivity index (χ2n) is 4.26. The zero-order valence-corrected chi connectivity index (χ0v) is 10.7. The standard InChI is InChI=1S/C13H21ClO2/c1-3-9-16-10-11(4-2)13(15)8-6-5-7-12(13)14/h3-4,12,15H,1,5-10H2,2H3/b11-4-. The van der Waals surface area contributed by atoms with Crippen molar-refractivity contribution in [3.8, 4) is 0 Å². The molecule has 0 aromatic carbocycles.